The quantitative estimate of drug-likeness (QED) is 0.0707. The maximum atomic E-state index is 11.6. The van der Waals surface area contributed by atoms with Crippen LogP contribution in [-0.2, 0) is 14.3 Å². The lowest BCUT2D eigenvalue weighted by Crippen LogP contribution is -2.31. The van der Waals surface area contributed by atoms with Crippen LogP contribution in [0.3, 0.4) is 0 Å². The van der Waals surface area contributed by atoms with Gasteiger partial charge in [-0.15, -0.1) is 0 Å². The maximum absolute atomic E-state index is 11.6. The zero-order chi connectivity index (χ0) is 29.7. The van der Waals surface area contributed by atoms with Crippen LogP contribution < -0.4 is 0 Å². The molecule has 0 aromatic heterocycles. The Labute approximate surface area is 251 Å². The molecule has 2 rings (SSSR count). The molecule has 0 unspecified atom stereocenters. The summed E-state index contributed by atoms with van der Waals surface area (Å²) < 4.78 is 11.2. The Bertz CT molecular complexity index is 694. The molecular formula is C35H64O6. The van der Waals surface area contributed by atoms with E-state index in [-0.39, 0.29) is 24.3 Å². The third kappa shape index (κ3) is 16.5. The Morgan fingerprint density at radius 1 is 0.683 bits per heavy atom. The highest BCUT2D eigenvalue weighted by atomic mass is 16.5. The first-order valence-electron chi connectivity index (χ1n) is 17.5. The van der Waals surface area contributed by atoms with Gasteiger partial charge < -0.3 is 24.8 Å². The average molecular weight is 581 g/mol. The van der Waals surface area contributed by atoms with Gasteiger partial charge in [-0.1, -0.05) is 122 Å². The van der Waals surface area contributed by atoms with E-state index in [1.54, 1.807) is 0 Å². The second kappa shape index (κ2) is 22.6. The van der Waals surface area contributed by atoms with Gasteiger partial charge in [0.15, 0.2) is 0 Å². The van der Waals surface area contributed by atoms with Crippen molar-refractivity contribution in [1.29, 1.82) is 0 Å². The molecular weight excluding hydrogens is 516 g/mol. The summed E-state index contributed by atoms with van der Waals surface area (Å²) in [6.45, 7) is 4.10. The highest BCUT2D eigenvalue weighted by Crippen LogP contribution is 2.28. The van der Waals surface area contributed by atoms with Gasteiger partial charge in [0.05, 0.1) is 30.5 Å². The van der Waals surface area contributed by atoms with E-state index in [2.05, 4.69) is 6.92 Å². The average Bonchev–Trinajstić information content (AvgIpc) is 3.57. The molecule has 1 saturated heterocycles. The molecule has 0 saturated carbocycles. The molecule has 0 aromatic rings. The summed E-state index contributed by atoms with van der Waals surface area (Å²) in [6, 6.07) is 0. The topological polar surface area (TPSA) is 96.2 Å². The lowest BCUT2D eigenvalue weighted by molar-refractivity contribution is -0.139. The Kier molecular flexibility index (Phi) is 20.0. The third-order valence-corrected chi connectivity index (χ3v) is 9.03. The van der Waals surface area contributed by atoms with E-state index in [0.717, 1.165) is 64.2 Å². The predicted molar refractivity (Wildman–Crippen MR) is 167 cm³/mol. The summed E-state index contributed by atoms with van der Waals surface area (Å²) in [6.07, 6.45) is 26.7. The minimum atomic E-state index is -0.461. The van der Waals surface area contributed by atoms with Gasteiger partial charge in [-0.25, -0.2) is 4.79 Å². The zero-order valence-electron chi connectivity index (χ0n) is 26.6. The fourth-order valence-electron chi connectivity index (χ4n) is 6.40. The molecule has 41 heavy (non-hydrogen) atoms. The summed E-state index contributed by atoms with van der Waals surface area (Å²) in [5.41, 5.74) is 0.617. The molecule has 6 heteroatoms. The largest absolute Gasteiger partial charge is 0.455 e. The van der Waals surface area contributed by atoms with Crippen LogP contribution in [0.25, 0.3) is 0 Å². The molecule has 0 aliphatic carbocycles. The molecule has 0 amide bonds. The van der Waals surface area contributed by atoms with E-state index in [1.165, 1.54) is 83.5 Å². The minimum absolute atomic E-state index is 0.102. The fourth-order valence-corrected chi connectivity index (χ4v) is 6.40. The van der Waals surface area contributed by atoms with E-state index in [0.29, 0.717) is 12.0 Å². The third-order valence-electron chi connectivity index (χ3n) is 9.03. The van der Waals surface area contributed by atoms with E-state index in [1.807, 2.05) is 13.0 Å². The monoisotopic (exact) mass is 580 g/mol. The summed E-state index contributed by atoms with van der Waals surface area (Å²) in [5.74, 6) is -0.280. The number of esters is 1. The molecule has 0 aromatic carbocycles. The molecule has 3 N–H and O–H groups in total. The number of rotatable bonds is 26. The Morgan fingerprint density at radius 2 is 1.10 bits per heavy atom. The Hall–Kier alpha value is -0.950. The number of carbonyl (C=O) groups is 1. The first-order valence-corrected chi connectivity index (χ1v) is 17.5. The van der Waals surface area contributed by atoms with Crippen LogP contribution in [0.15, 0.2) is 11.6 Å². The van der Waals surface area contributed by atoms with Crippen LogP contribution in [0.5, 0.6) is 0 Å². The highest BCUT2D eigenvalue weighted by molar-refractivity contribution is 5.90. The summed E-state index contributed by atoms with van der Waals surface area (Å²) in [5, 5.41) is 31.4. The van der Waals surface area contributed by atoms with Crippen LogP contribution in [0.2, 0.25) is 0 Å². The number of carbonyl (C=O) groups excluding carboxylic acids is 1. The molecule has 0 bridgehead atoms. The van der Waals surface area contributed by atoms with Crippen molar-refractivity contribution in [1.82, 2.24) is 0 Å². The number of hydrogen-bond donors (Lipinski definition) is 3. The van der Waals surface area contributed by atoms with Crippen LogP contribution >= 0.6 is 0 Å². The van der Waals surface area contributed by atoms with Gasteiger partial charge >= 0.3 is 5.97 Å². The number of cyclic esters (lactones) is 1. The van der Waals surface area contributed by atoms with E-state index >= 15 is 0 Å². The van der Waals surface area contributed by atoms with E-state index in [4.69, 9.17) is 9.47 Å². The van der Waals surface area contributed by atoms with Gasteiger partial charge in [0.1, 0.15) is 6.10 Å². The second-order valence-electron chi connectivity index (χ2n) is 13.0. The predicted octanol–water partition coefficient (Wildman–Crippen LogP) is 8.09. The highest BCUT2D eigenvalue weighted by Gasteiger charge is 2.34. The van der Waals surface area contributed by atoms with Crippen LogP contribution in [-0.4, -0.2) is 57.9 Å². The molecule has 6 atom stereocenters. The number of aliphatic hydroxyl groups is 3. The summed E-state index contributed by atoms with van der Waals surface area (Å²) in [7, 11) is 0. The second-order valence-corrected chi connectivity index (χ2v) is 13.0. The molecule has 240 valence electrons. The minimum Gasteiger partial charge on any atom is -0.455 e. The van der Waals surface area contributed by atoms with Gasteiger partial charge in [0, 0.05) is 12.0 Å². The van der Waals surface area contributed by atoms with Gasteiger partial charge in [-0.05, 0) is 45.1 Å². The molecule has 1 fully saturated rings. The Morgan fingerprint density at radius 3 is 1.51 bits per heavy atom. The molecule has 0 radical (unpaired) electrons. The van der Waals surface area contributed by atoms with Gasteiger partial charge in [-0.2, -0.15) is 0 Å². The molecule has 2 heterocycles. The molecule has 6 nitrogen and oxygen atoms in total. The Balaban J connectivity index is 1.37. The lowest BCUT2D eigenvalue weighted by atomic mass is 9.99. The van der Waals surface area contributed by atoms with Crippen molar-refractivity contribution in [3.63, 3.8) is 0 Å². The number of aliphatic hydroxyl groups excluding tert-OH is 3. The van der Waals surface area contributed by atoms with Crippen molar-refractivity contribution in [3.05, 3.63) is 11.6 Å². The van der Waals surface area contributed by atoms with Crippen LogP contribution in [0.1, 0.15) is 168 Å². The van der Waals surface area contributed by atoms with E-state index < -0.39 is 18.3 Å². The van der Waals surface area contributed by atoms with Gasteiger partial charge in [0.2, 0.25) is 0 Å². The van der Waals surface area contributed by atoms with Crippen molar-refractivity contribution < 1.29 is 29.6 Å². The first-order chi connectivity index (χ1) is 19.9. The normalized spacial score (nSPS) is 23.0. The van der Waals surface area contributed by atoms with Gasteiger partial charge in [-0.3, -0.25) is 0 Å². The molecule has 2 aliphatic rings. The smallest absolute Gasteiger partial charge is 0.334 e. The number of ether oxygens (including phenoxy) is 2. The van der Waals surface area contributed by atoms with Crippen LogP contribution in [0.4, 0.5) is 0 Å². The maximum Gasteiger partial charge on any atom is 0.334 e. The van der Waals surface area contributed by atoms with E-state index in [9.17, 15) is 20.1 Å². The van der Waals surface area contributed by atoms with Gasteiger partial charge in [0.25, 0.3) is 0 Å². The summed E-state index contributed by atoms with van der Waals surface area (Å²) >= 11 is 0. The van der Waals surface area contributed by atoms with Crippen molar-refractivity contribution >= 4 is 5.97 Å². The summed E-state index contributed by atoms with van der Waals surface area (Å²) in [4.78, 5) is 11.6. The van der Waals surface area contributed by atoms with Crippen molar-refractivity contribution in [2.24, 2.45) is 0 Å². The zero-order valence-corrected chi connectivity index (χ0v) is 26.6. The molecule has 2 aliphatic heterocycles. The number of unbranched alkanes of at least 4 members (excludes halogenated alkanes) is 16. The van der Waals surface area contributed by atoms with Crippen molar-refractivity contribution in [2.75, 3.05) is 0 Å². The molecule has 0 spiro atoms. The number of hydrogen-bond acceptors (Lipinski definition) is 6. The SMILES string of the molecule is CCCCCCCCCCCC[C@@H](O)[C@@H]1CC[C@H]([C@H](O)CCCCCCCCCC[C@H](O)CC2=C[C@@H](C)OC2=O)O1. The lowest BCUT2D eigenvalue weighted by Gasteiger charge is -2.22. The van der Waals surface area contributed by atoms with Crippen molar-refractivity contribution in [2.45, 2.75) is 205 Å². The van der Waals surface area contributed by atoms with Crippen LogP contribution in [0, 0.1) is 0 Å². The first kappa shape index (κ1) is 36.2. The van der Waals surface area contributed by atoms with Crippen molar-refractivity contribution in [3.8, 4) is 0 Å². The fraction of sp³-hybridized carbons (Fsp3) is 0.914. The standard InChI is InChI=1S/C35H64O6/c1-3-4-5-6-7-8-9-13-16-19-22-31(37)33-24-25-34(41-33)32(38)23-20-17-14-11-10-12-15-18-21-30(36)27-29-26-28(2)40-35(29)39/h26,28,30-34,36-38H,3-25,27H2,1-2H3/t28-,30+,31-,32-,33+,34-/m1/s1.